The van der Waals surface area contributed by atoms with Gasteiger partial charge in [0.25, 0.3) is 0 Å². The summed E-state index contributed by atoms with van der Waals surface area (Å²) in [6.45, 7) is 2.88. The highest BCUT2D eigenvalue weighted by Crippen LogP contribution is 2.16. The molecule has 4 heteroatoms. The molecule has 78 valence electrons. The second-order valence-electron chi connectivity index (χ2n) is 3.25. The van der Waals surface area contributed by atoms with Crippen LogP contribution in [0.15, 0.2) is 11.4 Å². The Balaban J connectivity index is 2.41. The van der Waals surface area contributed by atoms with Crippen LogP contribution in [0.2, 0.25) is 0 Å². The third-order valence-corrected chi connectivity index (χ3v) is 3.56. The molecule has 0 fully saturated rings. The Morgan fingerprint density at radius 2 is 2.36 bits per heavy atom. The summed E-state index contributed by atoms with van der Waals surface area (Å²) in [6.07, 6.45) is 0.944. The zero-order chi connectivity index (χ0) is 10.6. The summed E-state index contributed by atoms with van der Waals surface area (Å²) in [7, 11) is 1.82. The number of likely N-dealkylation sites (N-methyl/N-ethyl adjacent to an activating group) is 1. The van der Waals surface area contributed by atoms with Crippen molar-refractivity contribution in [3.05, 3.63) is 21.9 Å². The van der Waals surface area contributed by atoms with Gasteiger partial charge in [0.15, 0.2) is 0 Å². The minimum Gasteiger partial charge on any atom is -0.345 e. The molecule has 0 unspecified atom stereocenters. The Morgan fingerprint density at radius 3 is 2.86 bits per heavy atom. The van der Waals surface area contributed by atoms with Gasteiger partial charge >= 0.3 is 0 Å². The number of carbonyl (C=O) groups excluding carboxylic acids is 1. The average molecular weight is 229 g/mol. The zero-order valence-corrected chi connectivity index (χ0v) is 10.2. The summed E-state index contributed by atoms with van der Waals surface area (Å²) in [5.74, 6) is 0.377. The molecule has 0 aliphatic rings. The van der Waals surface area contributed by atoms with E-state index in [-0.39, 0.29) is 5.91 Å². The largest absolute Gasteiger partial charge is 0.345 e. The van der Waals surface area contributed by atoms with E-state index < -0.39 is 0 Å². The first-order chi connectivity index (χ1) is 6.65. The standard InChI is InChI=1S/C10H15NOS2/c1-8-4-6-14-9(8)3-5-11(2)10(12)7-13/h4,6,13H,3,5,7H2,1-2H3. The van der Waals surface area contributed by atoms with E-state index in [1.807, 2.05) is 7.05 Å². The summed E-state index contributed by atoms with van der Waals surface area (Å²) in [4.78, 5) is 14.3. The van der Waals surface area contributed by atoms with Gasteiger partial charge in [0, 0.05) is 18.5 Å². The molecule has 2 nitrogen and oxygen atoms in total. The van der Waals surface area contributed by atoms with Crippen LogP contribution in [0.25, 0.3) is 0 Å². The van der Waals surface area contributed by atoms with Crippen molar-refractivity contribution in [3.8, 4) is 0 Å². The summed E-state index contributed by atoms with van der Waals surface area (Å²) < 4.78 is 0. The number of aryl methyl sites for hydroxylation is 1. The first kappa shape index (κ1) is 11.6. The highest BCUT2D eigenvalue weighted by atomic mass is 32.1. The Morgan fingerprint density at radius 1 is 1.64 bits per heavy atom. The molecule has 0 saturated carbocycles. The van der Waals surface area contributed by atoms with Crippen molar-refractivity contribution in [3.63, 3.8) is 0 Å². The number of hydrogen-bond donors (Lipinski definition) is 1. The monoisotopic (exact) mass is 229 g/mol. The lowest BCUT2D eigenvalue weighted by Crippen LogP contribution is -2.29. The smallest absolute Gasteiger partial charge is 0.232 e. The lowest BCUT2D eigenvalue weighted by atomic mass is 10.2. The Hall–Kier alpha value is -0.480. The number of carbonyl (C=O) groups is 1. The van der Waals surface area contributed by atoms with E-state index in [2.05, 4.69) is 31.0 Å². The van der Waals surface area contributed by atoms with E-state index in [0.29, 0.717) is 5.75 Å². The van der Waals surface area contributed by atoms with Crippen LogP contribution in [-0.4, -0.2) is 30.2 Å². The van der Waals surface area contributed by atoms with Gasteiger partial charge < -0.3 is 4.90 Å². The van der Waals surface area contributed by atoms with E-state index >= 15 is 0 Å². The predicted octanol–water partition coefficient (Wildman–Crippen LogP) is 1.99. The molecule has 0 saturated heterocycles. The van der Waals surface area contributed by atoms with Crippen LogP contribution in [0.1, 0.15) is 10.4 Å². The number of amides is 1. The van der Waals surface area contributed by atoms with Gasteiger partial charge in [0.2, 0.25) is 5.91 Å². The zero-order valence-electron chi connectivity index (χ0n) is 8.49. The summed E-state index contributed by atoms with van der Waals surface area (Å²) in [6, 6.07) is 2.11. The van der Waals surface area contributed by atoms with Crippen LogP contribution in [-0.2, 0) is 11.2 Å². The lowest BCUT2D eigenvalue weighted by Gasteiger charge is -2.15. The predicted molar refractivity (Wildman–Crippen MR) is 64.3 cm³/mol. The summed E-state index contributed by atoms with van der Waals surface area (Å²) >= 11 is 5.71. The summed E-state index contributed by atoms with van der Waals surface area (Å²) in [5.41, 5.74) is 1.32. The van der Waals surface area contributed by atoms with Gasteiger partial charge in [-0.1, -0.05) is 0 Å². The molecular formula is C10H15NOS2. The number of rotatable bonds is 4. The highest BCUT2D eigenvalue weighted by Gasteiger charge is 2.07. The maximum absolute atomic E-state index is 11.2. The second kappa shape index (κ2) is 5.41. The number of hydrogen-bond acceptors (Lipinski definition) is 3. The highest BCUT2D eigenvalue weighted by molar-refractivity contribution is 7.81. The molecule has 1 rings (SSSR count). The lowest BCUT2D eigenvalue weighted by molar-refractivity contribution is -0.127. The van der Waals surface area contributed by atoms with Gasteiger partial charge in [-0.25, -0.2) is 0 Å². The third-order valence-electron chi connectivity index (χ3n) is 2.20. The van der Waals surface area contributed by atoms with Crippen molar-refractivity contribution in [2.24, 2.45) is 0 Å². The molecule has 1 heterocycles. The fraction of sp³-hybridized carbons (Fsp3) is 0.500. The SMILES string of the molecule is Cc1ccsc1CCN(C)C(=O)CS. The van der Waals surface area contributed by atoms with Crippen molar-refractivity contribution in [1.82, 2.24) is 4.90 Å². The Bertz CT molecular complexity index is 309. The third kappa shape index (κ3) is 3.03. The fourth-order valence-electron chi connectivity index (χ4n) is 1.17. The van der Waals surface area contributed by atoms with Crippen molar-refractivity contribution < 1.29 is 4.79 Å². The van der Waals surface area contributed by atoms with Crippen LogP contribution >= 0.6 is 24.0 Å². The Labute approximate surface area is 94.3 Å². The van der Waals surface area contributed by atoms with Crippen LogP contribution in [0.3, 0.4) is 0 Å². The van der Waals surface area contributed by atoms with Crippen LogP contribution in [0, 0.1) is 6.92 Å². The number of nitrogens with zero attached hydrogens (tertiary/aromatic N) is 1. The number of thiol groups is 1. The van der Waals surface area contributed by atoms with E-state index in [0.717, 1.165) is 13.0 Å². The molecule has 0 N–H and O–H groups in total. The van der Waals surface area contributed by atoms with E-state index in [1.54, 1.807) is 16.2 Å². The van der Waals surface area contributed by atoms with E-state index in [4.69, 9.17) is 0 Å². The normalized spacial score (nSPS) is 10.2. The van der Waals surface area contributed by atoms with Gasteiger partial charge in [-0.05, 0) is 30.4 Å². The van der Waals surface area contributed by atoms with Gasteiger partial charge in [-0.2, -0.15) is 12.6 Å². The van der Waals surface area contributed by atoms with Crippen LogP contribution in [0.5, 0.6) is 0 Å². The molecule has 0 atom stereocenters. The van der Waals surface area contributed by atoms with Crippen LogP contribution < -0.4 is 0 Å². The Kier molecular flexibility index (Phi) is 4.48. The van der Waals surface area contributed by atoms with Gasteiger partial charge in [-0.15, -0.1) is 11.3 Å². The molecule has 14 heavy (non-hydrogen) atoms. The molecule has 0 aliphatic heterocycles. The average Bonchev–Trinajstić information content (AvgIpc) is 2.59. The topological polar surface area (TPSA) is 20.3 Å². The molecule has 0 aromatic carbocycles. The molecule has 1 aromatic rings. The molecule has 0 radical (unpaired) electrons. The minimum atomic E-state index is 0.0857. The van der Waals surface area contributed by atoms with Gasteiger partial charge in [-0.3, -0.25) is 4.79 Å². The fourth-order valence-corrected chi connectivity index (χ4v) is 2.32. The molecule has 1 amide bonds. The molecular weight excluding hydrogens is 214 g/mol. The van der Waals surface area contributed by atoms with Gasteiger partial charge in [0.05, 0.1) is 5.75 Å². The molecule has 1 aromatic heterocycles. The van der Waals surface area contributed by atoms with Gasteiger partial charge in [0.1, 0.15) is 0 Å². The maximum Gasteiger partial charge on any atom is 0.232 e. The first-order valence-electron chi connectivity index (χ1n) is 4.53. The van der Waals surface area contributed by atoms with Crippen molar-refractivity contribution in [2.75, 3.05) is 19.3 Å². The quantitative estimate of drug-likeness (QED) is 0.783. The van der Waals surface area contributed by atoms with Crippen molar-refractivity contribution >= 4 is 29.9 Å². The molecule has 0 bridgehead atoms. The van der Waals surface area contributed by atoms with E-state index in [1.165, 1.54) is 10.4 Å². The second-order valence-corrected chi connectivity index (χ2v) is 4.57. The summed E-state index contributed by atoms with van der Waals surface area (Å²) in [5, 5.41) is 2.09. The minimum absolute atomic E-state index is 0.0857. The first-order valence-corrected chi connectivity index (χ1v) is 6.04. The van der Waals surface area contributed by atoms with Crippen molar-refractivity contribution in [2.45, 2.75) is 13.3 Å². The van der Waals surface area contributed by atoms with Crippen LogP contribution in [0.4, 0.5) is 0 Å². The number of thiophene rings is 1. The molecule has 0 spiro atoms. The van der Waals surface area contributed by atoms with Crippen molar-refractivity contribution in [1.29, 1.82) is 0 Å². The maximum atomic E-state index is 11.2. The van der Waals surface area contributed by atoms with E-state index in [9.17, 15) is 4.79 Å². The molecule has 0 aliphatic carbocycles.